The summed E-state index contributed by atoms with van der Waals surface area (Å²) in [6.07, 6.45) is 3.08. The average molecular weight is 185 g/mol. The third kappa shape index (κ3) is 1.13. The number of halogens is 1. The van der Waals surface area contributed by atoms with Gasteiger partial charge in [-0.2, -0.15) is 4.98 Å². The van der Waals surface area contributed by atoms with Crippen LogP contribution in [0.5, 0.6) is 0 Å². The molecule has 0 atom stereocenters. The number of anilines is 1. The van der Waals surface area contributed by atoms with Crippen molar-refractivity contribution in [2.45, 2.75) is 19.3 Å². The number of aromatic nitrogens is 2. The Bertz CT molecular complexity index is 313. The highest BCUT2D eigenvalue weighted by atomic mass is 35.5. The smallest absolute Gasteiger partial charge is 0.224 e. The quantitative estimate of drug-likeness (QED) is 0.387. The minimum absolute atomic E-state index is 0.267. The van der Waals surface area contributed by atoms with Gasteiger partial charge in [-0.15, -0.1) is 0 Å². The van der Waals surface area contributed by atoms with Gasteiger partial charge in [-0.25, -0.2) is 10.8 Å². The van der Waals surface area contributed by atoms with Crippen molar-refractivity contribution in [1.82, 2.24) is 9.97 Å². The van der Waals surface area contributed by atoms with Crippen LogP contribution in [0.2, 0.25) is 5.28 Å². The lowest BCUT2D eigenvalue weighted by molar-refractivity contribution is 0.899. The maximum atomic E-state index is 5.69. The fourth-order valence-corrected chi connectivity index (χ4v) is 1.71. The summed E-state index contributed by atoms with van der Waals surface area (Å²) in [6, 6.07) is 0. The normalized spacial score (nSPS) is 14.5. The summed E-state index contributed by atoms with van der Waals surface area (Å²) in [5.41, 5.74) is 4.68. The molecule has 2 rings (SSSR count). The molecule has 1 aliphatic rings. The van der Waals surface area contributed by atoms with Gasteiger partial charge in [0.2, 0.25) is 5.28 Å². The van der Waals surface area contributed by atoms with E-state index in [0.717, 1.165) is 30.5 Å². The number of nitrogen functional groups attached to an aromatic ring is 1. The first-order chi connectivity index (χ1) is 5.81. The number of hydrazine groups is 1. The van der Waals surface area contributed by atoms with E-state index in [2.05, 4.69) is 15.4 Å². The van der Waals surface area contributed by atoms with E-state index in [1.54, 1.807) is 0 Å². The largest absolute Gasteiger partial charge is 0.308 e. The molecule has 0 saturated carbocycles. The summed E-state index contributed by atoms with van der Waals surface area (Å²) in [4.78, 5) is 8.10. The van der Waals surface area contributed by atoms with Crippen molar-refractivity contribution in [1.29, 1.82) is 0 Å². The van der Waals surface area contributed by atoms with E-state index >= 15 is 0 Å². The SMILES string of the molecule is NNc1nc(Cl)nc2c1CCC2. The highest BCUT2D eigenvalue weighted by molar-refractivity contribution is 6.28. The molecule has 0 radical (unpaired) electrons. The molecule has 5 heteroatoms. The summed E-state index contributed by atoms with van der Waals surface area (Å²) in [5, 5.41) is 0.267. The number of fused-ring (bicyclic) bond motifs is 1. The Balaban J connectivity index is 2.55. The molecule has 1 aromatic rings. The molecule has 0 aromatic carbocycles. The van der Waals surface area contributed by atoms with Gasteiger partial charge < -0.3 is 5.43 Å². The Morgan fingerprint density at radius 2 is 2.17 bits per heavy atom. The minimum Gasteiger partial charge on any atom is -0.308 e. The topological polar surface area (TPSA) is 63.8 Å². The Kier molecular flexibility index (Phi) is 1.86. The van der Waals surface area contributed by atoms with E-state index in [1.165, 1.54) is 0 Å². The van der Waals surface area contributed by atoms with E-state index in [1.807, 2.05) is 0 Å². The molecule has 1 aliphatic carbocycles. The van der Waals surface area contributed by atoms with Gasteiger partial charge in [0.25, 0.3) is 0 Å². The summed E-state index contributed by atoms with van der Waals surface area (Å²) >= 11 is 5.69. The predicted molar refractivity (Wildman–Crippen MR) is 46.9 cm³/mol. The molecule has 12 heavy (non-hydrogen) atoms. The molecule has 0 unspecified atom stereocenters. The monoisotopic (exact) mass is 184 g/mol. The molecule has 3 N–H and O–H groups in total. The Labute approximate surface area is 75.1 Å². The van der Waals surface area contributed by atoms with E-state index < -0.39 is 0 Å². The summed E-state index contributed by atoms with van der Waals surface area (Å²) < 4.78 is 0. The van der Waals surface area contributed by atoms with E-state index in [-0.39, 0.29) is 5.28 Å². The molecule has 64 valence electrons. The molecular formula is C7H9ClN4. The van der Waals surface area contributed by atoms with E-state index in [4.69, 9.17) is 17.4 Å². The summed E-state index contributed by atoms with van der Waals surface area (Å²) in [6.45, 7) is 0. The molecule has 1 aromatic heterocycles. The van der Waals surface area contributed by atoms with E-state index in [0.29, 0.717) is 5.82 Å². The van der Waals surface area contributed by atoms with Crippen molar-refractivity contribution >= 4 is 17.4 Å². The third-order valence-corrected chi connectivity index (χ3v) is 2.21. The number of aryl methyl sites for hydroxylation is 1. The molecule has 0 spiro atoms. The fourth-order valence-electron chi connectivity index (χ4n) is 1.52. The van der Waals surface area contributed by atoms with Gasteiger partial charge in [0.1, 0.15) is 5.82 Å². The molecule has 0 aliphatic heterocycles. The van der Waals surface area contributed by atoms with Crippen LogP contribution >= 0.6 is 11.6 Å². The van der Waals surface area contributed by atoms with Crippen molar-refractivity contribution < 1.29 is 0 Å². The van der Waals surface area contributed by atoms with Gasteiger partial charge in [-0.1, -0.05) is 0 Å². The van der Waals surface area contributed by atoms with Crippen LogP contribution in [0.3, 0.4) is 0 Å². The number of nitrogens with two attached hydrogens (primary N) is 1. The molecule has 0 fully saturated rings. The lowest BCUT2D eigenvalue weighted by Crippen LogP contribution is -2.12. The first-order valence-electron chi connectivity index (χ1n) is 3.83. The van der Waals surface area contributed by atoms with Gasteiger partial charge in [-0.3, -0.25) is 0 Å². The lowest BCUT2D eigenvalue weighted by atomic mass is 10.2. The number of hydrogen-bond donors (Lipinski definition) is 2. The van der Waals surface area contributed by atoms with Crippen molar-refractivity contribution in [3.63, 3.8) is 0 Å². The predicted octanol–water partition coefficient (Wildman–Crippen LogP) is 0.904. The second-order valence-electron chi connectivity index (χ2n) is 2.76. The number of nitrogens with zero attached hydrogens (tertiary/aromatic N) is 2. The van der Waals surface area contributed by atoms with E-state index in [9.17, 15) is 0 Å². The second-order valence-corrected chi connectivity index (χ2v) is 3.10. The van der Waals surface area contributed by atoms with Gasteiger partial charge in [0.15, 0.2) is 0 Å². The first kappa shape index (κ1) is 7.76. The number of nitrogens with one attached hydrogen (secondary N) is 1. The van der Waals surface area contributed by atoms with Gasteiger partial charge in [0, 0.05) is 5.56 Å². The zero-order chi connectivity index (χ0) is 8.55. The zero-order valence-corrected chi connectivity index (χ0v) is 7.23. The van der Waals surface area contributed by atoms with Crippen molar-refractivity contribution in [2.75, 3.05) is 5.43 Å². The Morgan fingerprint density at radius 3 is 2.92 bits per heavy atom. The second kappa shape index (κ2) is 2.88. The molecule has 0 saturated heterocycles. The summed E-state index contributed by atoms with van der Waals surface area (Å²) in [5.74, 6) is 5.96. The molecule has 0 amide bonds. The van der Waals surface area contributed by atoms with Crippen LogP contribution in [0.15, 0.2) is 0 Å². The van der Waals surface area contributed by atoms with Gasteiger partial charge in [-0.05, 0) is 30.9 Å². The highest BCUT2D eigenvalue weighted by Gasteiger charge is 2.17. The maximum Gasteiger partial charge on any atom is 0.224 e. The fraction of sp³-hybridized carbons (Fsp3) is 0.429. The Hall–Kier alpha value is -0.870. The lowest BCUT2D eigenvalue weighted by Gasteiger charge is -2.05. The van der Waals surface area contributed by atoms with Crippen LogP contribution in [0.4, 0.5) is 5.82 Å². The standard InChI is InChI=1S/C7H9ClN4/c8-7-10-5-3-1-2-4(5)6(11-7)12-9/h1-3,9H2,(H,10,11,12). The van der Waals surface area contributed by atoms with Crippen LogP contribution in [-0.2, 0) is 12.8 Å². The van der Waals surface area contributed by atoms with Crippen LogP contribution < -0.4 is 11.3 Å². The minimum atomic E-state index is 0.267. The molecule has 4 nitrogen and oxygen atoms in total. The van der Waals surface area contributed by atoms with Crippen molar-refractivity contribution in [3.8, 4) is 0 Å². The number of rotatable bonds is 1. The van der Waals surface area contributed by atoms with Crippen LogP contribution in [-0.4, -0.2) is 9.97 Å². The zero-order valence-electron chi connectivity index (χ0n) is 6.47. The van der Waals surface area contributed by atoms with Crippen LogP contribution in [0.1, 0.15) is 17.7 Å². The molecule has 0 bridgehead atoms. The van der Waals surface area contributed by atoms with Crippen LogP contribution in [0.25, 0.3) is 0 Å². The molecular weight excluding hydrogens is 176 g/mol. The van der Waals surface area contributed by atoms with Crippen molar-refractivity contribution in [2.24, 2.45) is 5.84 Å². The average Bonchev–Trinajstić information content (AvgIpc) is 2.50. The van der Waals surface area contributed by atoms with Gasteiger partial charge >= 0.3 is 0 Å². The van der Waals surface area contributed by atoms with Crippen molar-refractivity contribution in [3.05, 3.63) is 16.5 Å². The Morgan fingerprint density at radius 1 is 1.33 bits per heavy atom. The maximum absolute atomic E-state index is 5.69. The van der Waals surface area contributed by atoms with Crippen LogP contribution in [0, 0.1) is 0 Å². The first-order valence-corrected chi connectivity index (χ1v) is 4.21. The van der Waals surface area contributed by atoms with Gasteiger partial charge in [0.05, 0.1) is 5.69 Å². The molecule has 1 heterocycles. The number of hydrogen-bond acceptors (Lipinski definition) is 4. The highest BCUT2D eigenvalue weighted by Crippen LogP contribution is 2.26. The third-order valence-electron chi connectivity index (χ3n) is 2.04. The summed E-state index contributed by atoms with van der Waals surface area (Å²) in [7, 11) is 0.